The maximum absolute atomic E-state index is 12.4. The third-order valence-corrected chi connectivity index (χ3v) is 5.08. The molecule has 0 aliphatic heterocycles. The van der Waals surface area contributed by atoms with E-state index in [0.717, 1.165) is 25.1 Å². The number of nitrogens with one attached hydrogen (secondary N) is 1. The van der Waals surface area contributed by atoms with E-state index in [4.69, 9.17) is 9.88 Å². The minimum atomic E-state index is -3.97. The van der Waals surface area contributed by atoms with Gasteiger partial charge in [0.1, 0.15) is 10.6 Å². The van der Waals surface area contributed by atoms with Crippen molar-refractivity contribution in [2.24, 2.45) is 5.14 Å². The first-order valence-electron chi connectivity index (χ1n) is 8.59. The summed E-state index contributed by atoms with van der Waals surface area (Å²) in [6.45, 7) is 3.09. The number of hydrogen-bond acceptors (Lipinski definition) is 5. The van der Waals surface area contributed by atoms with E-state index in [1.54, 1.807) is 18.2 Å². The van der Waals surface area contributed by atoms with Crippen LogP contribution in [0.15, 0.2) is 47.4 Å². The van der Waals surface area contributed by atoms with Gasteiger partial charge in [-0.25, -0.2) is 13.6 Å². The Hall–Kier alpha value is -2.58. The Morgan fingerprint density at radius 3 is 2.41 bits per heavy atom. The number of amides is 1. The van der Waals surface area contributed by atoms with Gasteiger partial charge in [-0.05, 0) is 48.9 Å². The van der Waals surface area contributed by atoms with Crippen LogP contribution in [0.5, 0.6) is 5.75 Å². The molecule has 27 heavy (non-hydrogen) atoms. The molecule has 146 valence electrons. The van der Waals surface area contributed by atoms with E-state index >= 15 is 0 Å². The second kappa shape index (κ2) is 8.88. The number of carbonyl (C=O) groups is 1. The molecule has 0 saturated heterocycles. The maximum atomic E-state index is 12.4. The number of nitrogens with two attached hydrogens (primary N) is 1. The van der Waals surface area contributed by atoms with E-state index in [0.29, 0.717) is 11.3 Å². The monoisotopic (exact) mass is 391 g/mol. The fourth-order valence-electron chi connectivity index (χ4n) is 2.57. The smallest absolute Gasteiger partial charge is 0.255 e. The zero-order valence-electron chi connectivity index (χ0n) is 15.7. The second-order valence-corrected chi connectivity index (χ2v) is 7.72. The topological polar surface area (TPSA) is 102 Å². The number of nitrogens with zero attached hydrogens (tertiary/aromatic N) is 1. The van der Waals surface area contributed by atoms with Crippen LogP contribution in [0.1, 0.15) is 30.1 Å². The summed E-state index contributed by atoms with van der Waals surface area (Å²) in [6.07, 6.45) is 2.22. The van der Waals surface area contributed by atoms with Crippen LogP contribution in [0.25, 0.3) is 0 Å². The van der Waals surface area contributed by atoms with Crippen molar-refractivity contribution in [1.82, 2.24) is 0 Å². The number of sulfonamides is 1. The van der Waals surface area contributed by atoms with E-state index in [2.05, 4.69) is 17.1 Å². The molecule has 0 atom stereocenters. The number of carbonyl (C=O) groups excluding carboxylic acids is 1. The number of ether oxygens (including phenoxy) is 1. The molecular weight excluding hydrogens is 366 g/mol. The Labute approximate surface area is 160 Å². The molecule has 0 unspecified atom stereocenters. The van der Waals surface area contributed by atoms with Crippen molar-refractivity contribution in [3.05, 3.63) is 48.0 Å². The molecule has 0 spiro atoms. The average molecular weight is 391 g/mol. The molecule has 0 aliphatic rings. The lowest BCUT2D eigenvalue weighted by Crippen LogP contribution is -2.18. The van der Waals surface area contributed by atoms with Crippen molar-refractivity contribution in [3.63, 3.8) is 0 Å². The molecule has 1 amide bonds. The van der Waals surface area contributed by atoms with Crippen molar-refractivity contribution in [3.8, 4) is 5.75 Å². The van der Waals surface area contributed by atoms with Gasteiger partial charge >= 0.3 is 0 Å². The molecule has 3 N–H and O–H groups in total. The highest BCUT2D eigenvalue weighted by Crippen LogP contribution is 2.26. The van der Waals surface area contributed by atoms with Gasteiger partial charge in [0.25, 0.3) is 5.91 Å². The zero-order valence-corrected chi connectivity index (χ0v) is 16.5. The molecule has 7 nitrogen and oxygen atoms in total. The Bertz CT molecular complexity index is 896. The fraction of sp³-hybridized carbons (Fsp3) is 0.316. The summed E-state index contributed by atoms with van der Waals surface area (Å²) in [7, 11) is -0.614. The van der Waals surface area contributed by atoms with Crippen molar-refractivity contribution >= 4 is 27.3 Å². The number of rotatable bonds is 8. The number of benzene rings is 2. The molecule has 2 aromatic rings. The SMILES string of the molecule is CCCCN(C)c1ccc(C(=O)Nc2ccc(OC)c(S(N)(=O)=O)c2)cc1. The van der Waals surface area contributed by atoms with Gasteiger partial charge in [0, 0.05) is 30.5 Å². The quantitative estimate of drug-likeness (QED) is 0.720. The summed E-state index contributed by atoms with van der Waals surface area (Å²) < 4.78 is 28.4. The number of methoxy groups -OCH3 is 1. The van der Waals surface area contributed by atoms with Crippen molar-refractivity contribution in [1.29, 1.82) is 0 Å². The third-order valence-electron chi connectivity index (χ3n) is 4.15. The highest BCUT2D eigenvalue weighted by molar-refractivity contribution is 7.89. The van der Waals surface area contributed by atoms with E-state index in [9.17, 15) is 13.2 Å². The normalized spacial score (nSPS) is 11.1. The van der Waals surface area contributed by atoms with Crippen LogP contribution in [0.3, 0.4) is 0 Å². The Balaban J connectivity index is 2.15. The summed E-state index contributed by atoms with van der Waals surface area (Å²) in [5, 5.41) is 7.88. The van der Waals surface area contributed by atoms with Gasteiger partial charge in [0.2, 0.25) is 10.0 Å². The summed E-state index contributed by atoms with van der Waals surface area (Å²) in [5.41, 5.74) is 1.81. The van der Waals surface area contributed by atoms with Crippen LogP contribution in [0.4, 0.5) is 11.4 Å². The number of unbranched alkanes of at least 4 members (excludes halogenated alkanes) is 1. The fourth-order valence-corrected chi connectivity index (χ4v) is 3.29. The first kappa shape index (κ1) is 20.7. The minimum Gasteiger partial charge on any atom is -0.495 e. The predicted molar refractivity (Wildman–Crippen MR) is 107 cm³/mol. The van der Waals surface area contributed by atoms with Gasteiger partial charge in [0.15, 0.2) is 0 Å². The molecule has 0 radical (unpaired) electrons. The van der Waals surface area contributed by atoms with Gasteiger partial charge < -0.3 is 15.0 Å². The number of anilines is 2. The van der Waals surface area contributed by atoms with Crippen LogP contribution >= 0.6 is 0 Å². The van der Waals surface area contributed by atoms with E-state index in [1.165, 1.54) is 19.2 Å². The molecule has 0 fully saturated rings. The third kappa shape index (κ3) is 5.45. The molecule has 0 heterocycles. The molecule has 2 rings (SSSR count). The van der Waals surface area contributed by atoms with Crippen LogP contribution < -0.4 is 20.1 Å². The lowest BCUT2D eigenvalue weighted by molar-refractivity contribution is 0.102. The Kier molecular flexibility index (Phi) is 6.81. The average Bonchev–Trinajstić information content (AvgIpc) is 2.65. The summed E-state index contributed by atoms with van der Waals surface area (Å²) in [5.74, 6) is -0.224. The summed E-state index contributed by atoms with van der Waals surface area (Å²) in [4.78, 5) is 14.4. The highest BCUT2D eigenvalue weighted by Gasteiger charge is 2.17. The van der Waals surface area contributed by atoms with Crippen molar-refractivity contribution in [2.45, 2.75) is 24.7 Å². The van der Waals surface area contributed by atoms with E-state index in [-0.39, 0.29) is 16.6 Å². The number of primary sulfonamides is 1. The Morgan fingerprint density at radius 1 is 1.19 bits per heavy atom. The van der Waals surface area contributed by atoms with Crippen LogP contribution in [-0.2, 0) is 10.0 Å². The van der Waals surface area contributed by atoms with Gasteiger partial charge in [-0.3, -0.25) is 4.79 Å². The van der Waals surface area contributed by atoms with Gasteiger partial charge in [-0.2, -0.15) is 0 Å². The zero-order chi connectivity index (χ0) is 20.0. The first-order chi connectivity index (χ1) is 12.8. The molecule has 0 bridgehead atoms. The van der Waals surface area contributed by atoms with Crippen LogP contribution in [-0.4, -0.2) is 35.0 Å². The Morgan fingerprint density at radius 2 is 1.85 bits per heavy atom. The predicted octanol–water partition coefficient (Wildman–Crippen LogP) is 2.83. The van der Waals surface area contributed by atoms with Crippen molar-refractivity contribution < 1.29 is 17.9 Å². The first-order valence-corrected chi connectivity index (χ1v) is 10.1. The van der Waals surface area contributed by atoms with Crippen LogP contribution in [0, 0.1) is 0 Å². The largest absolute Gasteiger partial charge is 0.495 e. The molecular formula is C19H25N3O4S. The number of hydrogen-bond donors (Lipinski definition) is 2. The van der Waals surface area contributed by atoms with E-state index < -0.39 is 10.0 Å². The van der Waals surface area contributed by atoms with Gasteiger partial charge in [-0.15, -0.1) is 0 Å². The summed E-state index contributed by atoms with van der Waals surface area (Å²) >= 11 is 0. The van der Waals surface area contributed by atoms with E-state index in [1.807, 2.05) is 19.2 Å². The maximum Gasteiger partial charge on any atom is 0.255 e. The highest BCUT2D eigenvalue weighted by atomic mass is 32.2. The lowest BCUT2D eigenvalue weighted by atomic mass is 10.1. The van der Waals surface area contributed by atoms with Crippen molar-refractivity contribution in [2.75, 3.05) is 30.9 Å². The van der Waals surface area contributed by atoms with Crippen LogP contribution in [0.2, 0.25) is 0 Å². The summed E-state index contributed by atoms with van der Waals surface area (Å²) in [6, 6.07) is 11.5. The molecule has 8 heteroatoms. The molecule has 0 aromatic heterocycles. The molecule has 0 aliphatic carbocycles. The minimum absolute atomic E-state index is 0.120. The lowest BCUT2D eigenvalue weighted by Gasteiger charge is -2.19. The van der Waals surface area contributed by atoms with Gasteiger partial charge in [-0.1, -0.05) is 13.3 Å². The standard InChI is InChI=1S/C19H25N3O4S/c1-4-5-12-22(2)16-9-6-14(7-10-16)19(23)21-15-8-11-17(26-3)18(13-15)27(20,24)25/h6-11,13H,4-5,12H2,1-3H3,(H,21,23)(H2,20,24,25). The molecule has 0 saturated carbocycles. The second-order valence-electron chi connectivity index (χ2n) is 6.19. The molecule has 2 aromatic carbocycles. The van der Waals surface area contributed by atoms with Gasteiger partial charge in [0.05, 0.1) is 7.11 Å².